The number of nitriles is 1. The number of hydrogen-bond acceptors (Lipinski definition) is 6. The summed E-state index contributed by atoms with van der Waals surface area (Å²) in [6, 6.07) is 1.66. The Kier molecular flexibility index (Phi) is 3.55. The molecule has 2 unspecified atom stereocenters. The van der Waals surface area contributed by atoms with Gasteiger partial charge in [0.25, 0.3) is 0 Å². The Labute approximate surface area is 90.3 Å². The van der Waals surface area contributed by atoms with Gasteiger partial charge in [-0.1, -0.05) is 0 Å². The lowest BCUT2D eigenvalue weighted by atomic mass is 10.1. The van der Waals surface area contributed by atoms with Crippen LogP contribution in [0.15, 0.2) is 0 Å². The van der Waals surface area contributed by atoms with E-state index in [2.05, 4.69) is 9.97 Å². The molecule has 1 aromatic rings. The molecule has 8 nitrogen and oxygen atoms in total. The average Bonchev–Trinajstić information content (AvgIpc) is 2.59. The first-order chi connectivity index (χ1) is 7.47. The first kappa shape index (κ1) is 12.1. The average molecular weight is 226 g/mol. The van der Waals surface area contributed by atoms with E-state index in [-0.39, 0.29) is 17.9 Å². The standard InChI is InChI=1S/C8H10N4O4/c1-4-10-6(8(11-4)12(15)16)7(14)5(13)2-3-9/h5,7,13-14H,2H2,1H3,(H,10,11). The fourth-order valence-electron chi connectivity index (χ4n) is 1.23. The van der Waals surface area contributed by atoms with Crippen molar-refractivity contribution >= 4 is 5.82 Å². The van der Waals surface area contributed by atoms with Crippen LogP contribution in [0.3, 0.4) is 0 Å². The summed E-state index contributed by atoms with van der Waals surface area (Å²) in [5.41, 5.74) is -0.259. The van der Waals surface area contributed by atoms with E-state index in [4.69, 9.17) is 5.26 Å². The Hall–Kier alpha value is -1.98. The third-order valence-electron chi connectivity index (χ3n) is 1.96. The van der Waals surface area contributed by atoms with Crippen LogP contribution in [0, 0.1) is 28.4 Å². The molecule has 0 bridgehead atoms. The molecule has 1 heterocycles. The lowest BCUT2D eigenvalue weighted by Gasteiger charge is -2.11. The lowest BCUT2D eigenvalue weighted by Crippen LogP contribution is -2.18. The van der Waals surface area contributed by atoms with Crippen molar-refractivity contribution in [1.29, 1.82) is 5.26 Å². The Morgan fingerprint density at radius 2 is 2.31 bits per heavy atom. The van der Waals surface area contributed by atoms with E-state index in [1.807, 2.05) is 0 Å². The van der Waals surface area contributed by atoms with Gasteiger partial charge in [0.15, 0.2) is 11.5 Å². The van der Waals surface area contributed by atoms with Crippen molar-refractivity contribution in [2.24, 2.45) is 0 Å². The Balaban J connectivity index is 3.03. The van der Waals surface area contributed by atoms with Gasteiger partial charge in [-0.2, -0.15) is 5.26 Å². The summed E-state index contributed by atoms with van der Waals surface area (Å²) in [7, 11) is 0. The molecule has 0 aliphatic rings. The van der Waals surface area contributed by atoms with E-state index >= 15 is 0 Å². The molecule has 0 amide bonds. The number of nitrogens with zero attached hydrogens (tertiary/aromatic N) is 3. The van der Waals surface area contributed by atoms with E-state index in [1.54, 1.807) is 6.07 Å². The minimum Gasteiger partial charge on any atom is -0.389 e. The number of H-pyrrole nitrogens is 1. The first-order valence-corrected chi connectivity index (χ1v) is 4.41. The first-order valence-electron chi connectivity index (χ1n) is 4.41. The largest absolute Gasteiger partial charge is 0.389 e. The van der Waals surface area contributed by atoms with E-state index in [0.717, 1.165) is 0 Å². The second kappa shape index (κ2) is 4.69. The van der Waals surface area contributed by atoms with Gasteiger partial charge in [-0.05, 0) is 4.92 Å². The molecule has 1 rings (SSSR count). The highest BCUT2D eigenvalue weighted by molar-refractivity contribution is 5.30. The van der Waals surface area contributed by atoms with Gasteiger partial charge < -0.3 is 20.3 Å². The lowest BCUT2D eigenvalue weighted by molar-refractivity contribution is -0.390. The van der Waals surface area contributed by atoms with Gasteiger partial charge in [0.1, 0.15) is 6.10 Å². The van der Waals surface area contributed by atoms with Crippen molar-refractivity contribution in [3.8, 4) is 6.07 Å². The number of aromatic amines is 1. The zero-order chi connectivity index (χ0) is 12.3. The smallest absolute Gasteiger partial charge is 0.346 e. The van der Waals surface area contributed by atoms with Crippen LogP contribution in [0.4, 0.5) is 5.82 Å². The van der Waals surface area contributed by atoms with E-state index < -0.39 is 22.9 Å². The number of aromatic nitrogens is 2. The third kappa shape index (κ3) is 2.33. The molecule has 86 valence electrons. The molecule has 0 saturated carbocycles. The molecule has 0 saturated heterocycles. The van der Waals surface area contributed by atoms with Gasteiger partial charge in [-0.3, -0.25) is 0 Å². The molecule has 16 heavy (non-hydrogen) atoms. The van der Waals surface area contributed by atoms with Gasteiger partial charge in [0, 0.05) is 6.92 Å². The van der Waals surface area contributed by atoms with Crippen LogP contribution in [0.2, 0.25) is 0 Å². The summed E-state index contributed by atoms with van der Waals surface area (Å²) in [5, 5.41) is 37.8. The van der Waals surface area contributed by atoms with Gasteiger partial charge in [0.2, 0.25) is 0 Å². The molecular formula is C8H10N4O4. The fraction of sp³-hybridized carbons (Fsp3) is 0.500. The molecule has 0 fully saturated rings. The number of rotatable bonds is 4. The quantitative estimate of drug-likeness (QED) is 0.485. The summed E-state index contributed by atoms with van der Waals surface area (Å²) in [6.07, 6.45) is -3.28. The Morgan fingerprint density at radius 3 is 2.81 bits per heavy atom. The van der Waals surface area contributed by atoms with E-state index in [0.29, 0.717) is 0 Å². The maximum Gasteiger partial charge on any atom is 0.346 e. The molecular weight excluding hydrogens is 216 g/mol. The summed E-state index contributed by atoms with van der Waals surface area (Å²) in [4.78, 5) is 15.9. The fourth-order valence-corrected chi connectivity index (χ4v) is 1.23. The minimum atomic E-state index is -1.55. The van der Waals surface area contributed by atoms with Crippen LogP contribution in [0.5, 0.6) is 0 Å². The van der Waals surface area contributed by atoms with Crippen molar-refractivity contribution in [2.45, 2.75) is 25.6 Å². The normalized spacial score (nSPS) is 14.1. The zero-order valence-corrected chi connectivity index (χ0v) is 8.41. The molecule has 0 radical (unpaired) electrons. The van der Waals surface area contributed by atoms with Gasteiger partial charge in [-0.25, -0.2) is 9.97 Å². The number of hydrogen-bond donors (Lipinski definition) is 3. The van der Waals surface area contributed by atoms with Crippen LogP contribution in [0.1, 0.15) is 24.0 Å². The number of aryl methyl sites for hydroxylation is 1. The number of aliphatic hydroxyl groups is 2. The summed E-state index contributed by atoms with van der Waals surface area (Å²) < 4.78 is 0. The van der Waals surface area contributed by atoms with Gasteiger partial charge in [0.05, 0.1) is 18.6 Å². The number of nitrogens with one attached hydrogen (secondary N) is 1. The molecule has 1 aromatic heterocycles. The van der Waals surface area contributed by atoms with Crippen LogP contribution < -0.4 is 0 Å². The molecule has 0 aliphatic heterocycles. The van der Waals surface area contributed by atoms with Crippen molar-refractivity contribution in [3.63, 3.8) is 0 Å². The third-order valence-corrected chi connectivity index (χ3v) is 1.96. The second-order valence-corrected chi connectivity index (χ2v) is 3.19. The molecule has 3 N–H and O–H groups in total. The molecule has 0 aliphatic carbocycles. The van der Waals surface area contributed by atoms with Crippen molar-refractivity contribution in [2.75, 3.05) is 0 Å². The van der Waals surface area contributed by atoms with Gasteiger partial charge >= 0.3 is 5.82 Å². The number of nitro groups is 1. The van der Waals surface area contributed by atoms with Crippen molar-refractivity contribution in [3.05, 3.63) is 21.6 Å². The maximum absolute atomic E-state index is 10.6. The van der Waals surface area contributed by atoms with Crippen molar-refractivity contribution in [1.82, 2.24) is 9.97 Å². The van der Waals surface area contributed by atoms with E-state index in [9.17, 15) is 20.3 Å². The topological polar surface area (TPSA) is 136 Å². The molecule has 8 heteroatoms. The Morgan fingerprint density at radius 1 is 1.69 bits per heavy atom. The van der Waals surface area contributed by atoms with Crippen molar-refractivity contribution < 1.29 is 15.1 Å². The highest BCUT2D eigenvalue weighted by Crippen LogP contribution is 2.25. The van der Waals surface area contributed by atoms with Crippen LogP contribution in [-0.4, -0.2) is 31.2 Å². The van der Waals surface area contributed by atoms with Crippen LogP contribution in [0.25, 0.3) is 0 Å². The number of imidazole rings is 1. The zero-order valence-electron chi connectivity index (χ0n) is 8.41. The number of aliphatic hydroxyl groups excluding tert-OH is 2. The highest BCUT2D eigenvalue weighted by Gasteiger charge is 2.29. The molecule has 2 atom stereocenters. The summed E-state index contributed by atoms with van der Waals surface area (Å²) >= 11 is 0. The Bertz CT molecular complexity index is 436. The summed E-state index contributed by atoms with van der Waals surface area (Å²) in [5.74, 6) is -0.216. The van der Waals surface area contributed by atoms with Crippen LogP contribution >= 0.6 is 0 Å². The highest BCUT2D eigenvalue weighted by atomic mass is 16.6. The summed E-state index contributed by atoms with van der Waals surface area (Å²) in [6.45, 7) is 1.49. The molecule has 0 spiro atoms. The predicted molar refractivity (Wildman–Crippen MR) is 51.2 cm³/mol. The second-order valence-electron chi connectivity index (χ2n) is 3.19. The van der Waals surface area contributed by atoms with Gasteiger partial charge in [-0.15, -0.1) is 0 Å². The predicted octanol–water partition coefficient (Wildman–Crippen LogP) is -0.0657. The molecule has 0 aromatic carbocycles. The minimum absolute atomic E-state index is 0.255. The van der Waals surface area contributed by atoms with Crippen LogP contribution in [-0.2, 0) is 0 Å². The monoisotopic (exact) mass is 226 g/mol. The van der Waals surface area contributed by atoms with E-state index in [1.165, 1.54) is 6.92 Å². The maximum atomic E-state index is 10.6. The SMILES string of the molecule is Cc1nc(C(O)C(O)CC#N)c([N+](=O)[O-])[nH]1.